The Bertz CT molecular complexity index is 1440. The Morgan fingerprint density at radius 3 is 2.45 bits per heavy atom. The molecule has 0 saturated heterocycles. The molecule has 4 aromatic heterocycles. The molecule has 0 fully saturated rings. The number of urea groups is 1. The molecule has 0 atom stereocenters. The second kappa shape index (κ2) is 13.0. The third kappa shape index (κ3) is 6.99. The molecular weight excluding hydrogens is 528 g/mol. The van der Waals surface area contributed by atoms with Gasteiger partial charge in [-0.25, -0.2) is 19.7 Å². The van der Waals surface area contributed by atoms with Crippen LogP contribution in [-0.4, -0.2) is 67.9 Å². The second-order valence-corrected chi connectivity index (χ2v) is 10.7. The monoisotopic (exact) mass is 564 g/mol. The molecule has 0 unspecified atom stereocenters. The van der Waals surface area contributed by atoms with Gasteiger partial charge in [0, 0.05) is 72.3 Å². The molecule has 0 bridgehead atoms. The molecule has 0 radical (unpaired) electrons. The van der Waals surface area contributed by atoms with E-state index in [9.17, 15) is 4.79 Å². The highest BCUT2D eigenvalue weighted by molar-refractivity contribution is 7.13. The van der Waals surface area contributed by atoms with Crippen molar-refractivity contribution in [1.82, 2.24) is 35.4 Å². The van der Waals surface area contributed by atoms with Crippen LogP contribution in [0.5, 0.6) is 5.88 Å². The van der Waals surface area contributed by atoms with Crippen molar-refractivity contribution in [2.45, 2.75) is 60.5 Å². The number of rotatable bonds is 11. The largest absolute Gasteiger partial charge is 0.476 e. The summed E-state index contributed by atoms with van der Waals surface area (Å²) in [5, 5.41) is 16.4. The van der Waals surface area contributed by atoms with Crippen LogP contribution in [0.2, 0.25) is 0 Å². The number of hydrogen-bond acceptors (Lipinski definition) is 10. The average Bonchev–Trinajstić information content (AvgIpc) is 3.54. The fourth-order valence-electron chi connectivity index (χ4n) is 4.36. The number of thiazole rings is 1. The first-order valence-electron chi connectivity index (χ1n) is 13.3. The Kier molecular flexibility index (Phi) is 9.43. The summed E-state index contributed by atoms with van der Waals surface area (Å²) >= 11 is 1.51. The number of anilines is 1. The first kappa shape index (κ1) is 29.1. The molecular formula is C28H36N8O3S. The van der Waals surface area contributed by atoms with Gasteiger partial charge in [0.05, 0.1) is 5.56 Å². The van der Waals surface area contributed by atoms with E-state index in [1.54, 1.807) is 19.3 Å². The minimum Gasteiger partial charge on any atom is -0.476 e. The topological polar surface area (TPSA) is 131 Å². The maximum absolute atomic E-state index is 12.2. The van der Waals surface area contributed by atoms with E-state index in [1.807, 2.05) is 31.4 Å². The van der Waals surface area contributed by atoms with Crippen LogP contribution in [0.4, 0.5) is 10.6 Å². The van der Waals surface area contributed by atoms with Crippen LogP contribution < -0.4 is 15.4 Å². The normalized spacial score (nSPS) is 11.4. The molecule has 0 saturated carbocycles. The number of aromatic nitrogens is 5. The van der Waals surface area contributed by atoms with E-state index in [2.05, 4.69) is 63.4 Å². The molecule has 4 heterocycles. The highest BCUT2D eigenvalue weighted by Gasteiger charge is 2.21. The molecule has 0 aromatic carbocycles. The number of pyridine rings is 2. The maximum Gasteiger partial charge on any atom is 0.320 e. The van der Waals surface area contributed by atoms with E-state index in [4.69, 9.17) is 14.1 Å². The van der Waals surface area contributed by atoms with E-state index in [0.29, 0.717) is 59.8 Å². The number of carbonyl (C=O) groups is 1. The van der Waals surface area contributed by atoms with Crippen molar-refractivity contribution < 1.29 is 13.9 Å². The summed E-state index contributed by atoms with van der Waals surface area (Å²) in [7, 11) is 0. The Morgan fingerprint density at radius 2 is 1.82 bits per heavy atom. The smallest absolute Gasteiger partial charge is 0.320 e. The van der Waals surface area contributed by atoms with Gasteiger partial charge in [-0.3, -0.25) is 10.2 Å². The van der Waals surface area contributed by atoms with Gasteiger partial charge in [-0.1, -0.05) is 0 Å². The maximum atomic E-state index is 12.2. The number of amides is 2. The lowest BCUT2D eigenvalue weighted by Gasteiger charge is -2.30. The van der Waals surface area contributed by atoms with Crippen LogP contribution in [0.1, 0.15) is 46.2 Å². The Labute approximate surface area is 238 Å². The second-order valence-electron chi connectivity index (χ2n) is 9.87. The first-order valence-corrected chi connectivity index (χ1v) is 14.2. The van der Waals surface area contributed by atoms with Crippen molar-refractivity contribution in [3.63, 3.8) is 0 Å². The number of nitrogens with one attached hydrogen (secondary N) is 2. The third-order valence-corrected chi connectivity index (χ3v) is 7.15. The van der Waals surface area contributed by atoms with E-state index < -0.39 is 0 Å². The molecule has 2 N–H and O–H groups in total. The molecule has 212 valence electrons. The van der Waals surface area contributed by atoms with Crippen molar-refractivity contribution in [2.75, 3.05) is 25.0 Å². The lowest BCUT2D eigenvalue weighted by Crippen LogP contribution is -2.39. The summed E-state index contributed by atoms with van der Waals surface area (Å²) in [5.74, 6) is 1.67. The molecule has 2 amide bonds. The number of carbonyl (C=O) groups excluding carboxylic acids is 1. The molecule has 11 nitrogen and oxygen atoms in total. The van der Waals surface area contributed by atoms with Gasteiger partial charge in [-0.2, -0.15) is 0 Å². The molecule has 12 heteroatoms. The van der Waals surface area contributed by atoms with Crippen molar-refractivity contribution in [3.8, 4) is 39.0 Å². The quantitative estimate of drug-likeness (QED) is 0.240. The lowest BCUT2D eigenvalue weighted by atomic mass is 10.0. The predicted molar refractivity (Wildman–Crippen MR) is 157 cm³/mol. The van der Waals surface area contributed by atoms with Crippen LogP contribution in [0.3, 0.4) is 0 Å². The molecule has 4 rings (SSSR count). The lowest BCUT2D eigenvalue weighted by molar-refractivity contribution is 0.140. The zero-order valence-corrected chi connectivity index (χ0v) is 24.8. The standard InChI is InChI=1S/C28H36N8O3S/c1-8-29-28(37)33-24-12-22(27-32-18(6)15-40-27)23(14-30-24)21-11-20(25-35-34-19(7)39-25)13-31-26(21)38-10-9-36(16(2)3)17(4)5/h11-17H,8-10H2,1-7H3,(H2,29,30,33,37). The zero-order valence-electron chi connectivity index (χ0n) is 24.0. The van der Waals surface area contributed by atoms with Crippen LogP contribution in [0, 0.1) is 13.8 Å². The van der Waals surface area contributed by atoms with Gasteiger partial charge in [0.15, 0.2) is 0 Å². The molecule has 4 aromatic rings. The van der Waals surface area contributed by atoms with Gasteiger partial charge >= 0.3 is 6.03 Å². The minimum atomic E-state index is -0.330. The van der Waals surface area contributed by atoms with Crippen LogP contribution in [0.25, 0.3) is 33.2 Å². The summed E-state index contributed by atoms with van der Waals surface area (Å²) < 4.78 is 12.0. The fraction of sp³-hybridized carbons (Fsp3) is 0.429. The average molecular weight is 565 g/mol. The van der Waals surface area contributed by atoms with Crippen LogP contribution in [0.15, 0.2) is 34.3 Å². The summed E-state index contributed by atoms with van der Waals surface area (Å²) in [6, 6.07) is 4.16. The molecule has 0 aliphatic carbocycles. The summed E-state index contributed by atoms with van der Waals surface area (Å²) in [5.41, 5.74) is 3.79. The van der Waals surface area contributed by atoms with Gasteiger partial charge in [0.25, 0.3) is 0 Å². The summed E-state index contributed by atoms with van der Waals surface area (Å²) in [6.07, 6.45) is 3.37. The van der Waals surface area contributed by atoms with Gasteiger partial charge in [-0.15, -0.1) is 21.5 Å². The van der Waals surface area contributed by atoms with E-state index in [0.717, 1.165) is 28.4 Å². The molecule has 40 heavy (non-hydrogen) atoms. The first-order chi connectivity index (χ1) is 19.2. The van der Waals surface area contributed by atoms with Gasteiger partial charge in [0.1, 0.15) is 17.4 Å². The SMILES string of the molecule is CCNC(=O)Nc1cc(-c2nc(C)cs2)c(-c2cc(-c3nnc(C)o3)cnc2OCCN(C(C)C)C(C)C)cn1. The Hall–Kier alpha value is -3.90. The van der Waals surface area contributed by atoms with Crippen molar-refractivity contribution in [2.24, 2.45) is 0 Å². The van der Waals surface area contributed by atoms with E-state index >= 15 is 0 Å². The number of ether oxygens (including phenoxy) is 1. The Morgan fingerprint density at radius 1 is 1.05 bits per heavy atom. The highest BCUT2D eigenvalue weighted by atomic mass is 32.1. The number of nitrogens with zero attached hydrogens (tertiary/aromatic N) is 6. The summed E-state index contributed by atoms with van der Waals surface area (Å²) in [6.45, 7) is 15.9. The minimum absolute atomic E-state index is 0.330. The van der Waals surface area contributed by atoms with Crippen molar-refractivity contribution in [1.29, 1.82) is 0 Å². The van der Waals surface area contributed by atoms with Gasteiger partial charge in [-0.05, 0) is 53.7 Å². The van der Waals surface area contributed by atoms with E-state index in [-0.39, 0.29) is 6.03 Å². The Balaban J connectivity index is 1.79. The molecule has 0 aliphatic rings. The third-order valence-electron chi connectivity index (χ3n) is 6.16. The van der Waals surface area contributed by atoms with Gasteiger partial charge in [0.2, 0.25) is 17.7 Å². The molecule has 0 aliphatic heterocycles. The summed E-state index contributed by atoms with van der Waals surface area (Å²) in [4.78, 5) is 28.5. The molecule has 0 spiro atoms. The van der Waals surface area contributed by atoms with Crippen molar-refractivity contribution in [3.05, 3.63) is 41.5 Å². The number of aryl methyl sites for hydroxylation is 2. The highest BCUT2D eigenvalue weighted by Crippen LogP contribution is 2.40. The van der Waals surface area contributed by atoms with Crippen LogP contribution in [-0.2, 0) is 0 Å². The zero-order chi connectivity index (χ0) is 28.8. The van der Waals surface area contributed by atoms with Crippen LogP contribution >= 0.6 is 11.3 Å². The van der Waals surface area contributed by atoms with Gasteiger partial charge < -0.3 is 14.5 Å². The predicted octanol–water partition coefficient (Wildman–Crippen LogP) is 5.57. The fourth-order valence-corrected chi connectivity index (χ4v) is 5.19. The number of hydrogen-bond donors (Lipinski definition) is 2. The van der Waals surface area contributed by atoms with E-state index in [1.165, 1.54) is 11.3 Å². The van der Waals surface area contributed by atoms with Crippen molar-refractivity contribution >= 4 is 23.2 Å².